The highest BCUT2D eigenvalue weighted by Gasteiger charge is 2.21. The fourth-order valence-electron chi connectivity index (χ4n) is 3.61. The molecule has 1 N–H and O–H groups in total. The first-order valence-corrected chi connectivity index (χ1v) is 9.71. The molecule has 3 aromatic rings. The molecule has 1 amide bonds. The van der Waals surface area contributed by atoms with Gasteiger partial charge in [-0.3, -0.25) is 4.79 Å². The predicted molar refractivity (Wildman–Crippen MR) is 99.7 cm³/mol. The van der Waals surface area contributed by atoms with Crippen molar-refractivity contribution >= 4 is 27.5 Å². The van der Waals surface area contributed by atoms with E-state index in [0.717, 1.165) is 28.6 Å². The first kappa shape index (κ1) is 16.3. The third-order valence-corrected chi connectivity index (χ3v) is 5.80. The Balaban J connectivity index is 1.62. The molecule has 0 atom stereocenters. The molecule has 1 aliphatic carbocycles. The van der Waals surface area contributed by atoms with E-state index in [1.54, 1.807) is 23.5 Å². The van der Waals surface area contributed by atoms with E-state index < -0.39 is 0 Å². The van der Waals surface area contributed by atoms with Crippen LogP contribution in [0.5, 0.6) is 0 Å². The lowest BCUT2D eigenvalue weighted by Crippen LogP contribution is -2.37. The molecule has 1 aliphatic rings. The number of halogens is 1. The smallest absolute Gasteiger partial charge is 0.268 e. The summed E-state index contributed by atoms with van der Waals surface area (Å²) in [6.45, 7) is 0.563. The molecule has 1 saturated carbocycles. The van der Waals surface area contributed by atoms with Crippen molar-refractivity contribution < 1.29 is 9.18 Å². The first-order chi connectivity index (χ1) is 12.2. The molecule has 0 unspecified atom stereocenters. The number of amides is 1. The molecule has 0 spiro atoms. The molecule has 0 saturated heterocycles. The van der Waals surface area contributed by atoms with Crippen molar-refractivity contribution in [1.29, 1.82) is 0 Å². The normalized spacial score (nSPS) is 15.6. The van der Waals surface area contributed by atoms with Crippen molar-refractivity contribution in [2.75, 3.05) is 0 Å². The predicted octanol–water partition coefficient (Wildman–Crippen LogP) is 4.95. The third-order valence-electron chi connectivity index (χ3n) is 4.95. The van der Waals surface area contributed by atoms with Gasteiger partial charge >= 0.3 is 0 Å². The Morgan fingerprint density at radius 1 is 1.16 bits per heavy atom. The molecule has 2 aromatic heterocycles. The van der Waals surface area contributed by atoms with Crippen molar-refractivity contribution in [3.05, 3.63) is 58.9 Å². The number of aromatic nitrogens is 1. The minimum absolute atomic E-state index is 0.00240. The first-order valence-electron chi connectivity index (χ1n) is 8.83. The molecule has 3 nitrogen and oxygen atoms in total. The number of carbonyl (C=O) groups excluding carboxylic acids is 1. The van der Waals surface area contributed by atoms with Crippen LogP contribution in [0.1, 0.15) is 48.2 Å². The van der Waals surface area contributed by atoms with E-state index in [-0.39, 0.29) is 17.8 Å². The van der Waals surface area contributed by atoms with Crippen LogP contribution in [0.25, 0.3) is 10.2 Å². The Morgan fingerprint density at radius 3 is 2.68 bits per heavy atom. The lowest BCUT2D eigenvalue weighted by atomic mass is 9.95. The van der Waals surface area contributed by atoms with Gasteiger partial charge < -0.3 is 9.88 Å². The SMILES string of the molecule is O=C(NC1CCCCC1)c1cc2sccc2n1Cc1ccc(F)cc1. The number of hydrogen-bond donors (Lipinski definition) is 1. The number of carbonyl (C=O) groups is 1. The average Bonchev–Trinajstić information content (AvgIpc) is 3.20. The van der Waals surface area contributed by atoms with E-state index in [9.17, 15) is 9.18 Å². The number of fused-ring (bicyclic) bond motifs is 1. The third kappa shape index (κ3) is 3.47. The highest BCUT2D eigenvalue weighted by atomic mass is 32.1. The lowest BCUT2D eigenvalue weighted by molar-refractivity contribution is 0.0919. The maximum atomic E-state index is 13.2. The highest BCUT2D eigenvalue weighted by molar-refractivity contribution is 7.17. The number of nitrogens with zero attached hydrogens (tertiary/aromatic N) is 1. The molecule has 4 rings (SSSR count). The highest BCUT2D eigenvalue weighted by Crippen LogP contribution is 2.27. The van der Waals surface area contributed by atoms with Crippen LogP contribution in [0.4, 0.5) is 4.39 Å². The lowest BCUT2D eigenvalue weighted by Gasteiger charge is -2.23. The molecule has 1 aromatic carbocycles. The second-order valence-electron chi connectivity index (χ2n) is 6.72. The molecule has 0 bridgehead atoms. The van der Waals surface area contributed by atoms with Gasteiger partial charge in [-0.25, -0.2) is 4.39 Å². The minimum atomic E-state index is -0.243. The topological polar surface area (TPSA) is 34.0 Å². The summed E-state index contributed by atoms with van der Waals surface area (Å²) in [7, 11) is 0. The van der Waals surface area contributed by atoms with Gasteiger partial charge in [-0.1, -0.05) is 31.4 Å². The van der Waals surface area contributed by atoms with Crippen molar-refractivity contribution in [2.45, 2.75) is 44.7 Å². The van der Waals surface area contributed by atoms with E-state index in [4.69, 9.17) is 0 Å². The van der Waals surface area contributed by atoms with E-state index in [1.165, 1.54) is 31.4 Å². The van der Waals surface area contributed by atoms with Gasteiger partial charge in [0.25, 0.3) is 5.91 Å². The van der Waals surface area contributed by atoms with Crippen molar-refractivity contribution in [2.24, 2.45) is 0 Å². The number of hydrogen-bond acceptors (Lipinski definition) is 2. The Labute approximate surface area is 150 Å². The van der Waals surface area contributed by atoms with Gasteiger partial charge in [0.15, 0.2) is 0 Å². The van der Waals surface area contributed by atoms with Crippen molar-refractivity contribution in [3.63, 3.8) is 0 Å². The molecular formula is C20H21FN2OS. The molecule has 0 aliphatic heterocycles. The molecule has 5 heteroatoms. The largest absolute Gasteiger partial charge is 0.348 e. The summed E-state index contributed by atoms with van der Waals surface area (Å²) in [5.41, 5.74) is 2.73. The van der Waals surface area contributed by atoms with Crippen molar-refractivity contribution in [1.82, 2.24) is 9.88 Å². The fraction of sp³-hybridized carbons (Fsp3) is 0.350. The van der Waals surface area contributed by atoms with Crippen LogP contribution in [0, 0.1) is 5.82 Å². The monoisotopic (exact) mass is 356 g/mol. The number of nitrogens with one attached hydrogen (secondary N) is 1. The number of benzene rings is 1. The second kappa shape index (κ2) is 7.00. The van der Waals surface area contributed by atoms with E-state index in [1.807, 2.05) is 22.1 Å². The maximum Gasteiger partial charge on any atom is 0.268 e. The minimum Gasteiger partial charge on any atom is -0.348 e. The van der Waals surface area contributed by atoms with Gasteiger partial charge in [-0.05, 0) is 48.1 Å². The standard InChI is InChI=1S/C20H21FN2OS/c21-15-8-6-14(7-9-15)13-23-17-10-11-25-19(17)12-18(23)20(24)22-16-4-2-1-3-5-16/h6-12,16H,1-5,13H2,(H,22,24). The summed E-state index contributed by atoms with van der Waals surface area (Å²) in [6, 6.07) is 10.8. The van der Waals surface area contributed by atoms with Gasteiger partial charge in [-0.15, -0.1) is 11.3 Å². The van der Waals surface area contributed by atoms with Gasteiger partial charge in [0.05, 0.1) is 10.2 Å². The van der Waals surface area contributed by atoms with Crippen LogP contribution in [0.2, 0.25) is 0 Å². The molecule has 2 heterocycles. The zero-order valence-electron chi connectivity index (χ0n) is 14.0. The van der Waals surface area contributed by atoms with Crippen LogP contribution < -0.4 is 5.32 Å². The summed E-state index contributed by atoms with van der Waals surface area (Å²) in [4.78, 5) is 12.9. The van der Waals surface area contributed by atoms with E-state index in [2.05, 4.69) is 5.32 Å². The fourth-order valence-corrected chi connectivity index (χ4v) is 4.44. The maximum absolute atomic E-state index is 13.2. The zero-order valence-corrected chi connectivity index (χ0v) is 14.8. The van der Waals surface area contributed by atoms with E-state index in [0.29, 0.717) is 12.2 Å². The summed E-state index contributed by atoms with van der Waals surface area (Å²) in [5, 5.41) is 5.24. The van der Waals surface area contributed by atoms with Gasteiger partial charge in [-0.2, -0.15) is 0 Å². The average molecular weight is 356 g/mol. The van der Waals surface area contributed by atoms with Crippen molar-refractivity contribution in [3.8, 4) is 0 Å². The van der Waals surface area contributed by atoms with Gasteiger partial charge in [0.1, 0.15) is 11.5 Å². The summed E-state index contributed by atoms with van der Waals surface area (Å²) >= 11 is 1.64. The molecular weight excluding hydrogens is 335 g/mol. The quantitative estimate of drug-likeness (QED) is 0.705. The van der Waals surface area contributed by atoms with Crippen LogP contribution in [0.3, 0.4) is 0 Å². The Morgan fingerprint density at radius 2 is 1.92 bits per heavy atom. The summed E-state index contributed by atoms with van der Waals surface area (Å²) < 4.78 is 16.3. The Bertz CT molecular complexity index is 875. The Hall–Kier alpha value is -2.14. The van der Waals surface area contributed by atoms with Crippen LogP contribution >= 0.6 is 11.3 Å². The Kier molecular flexibility index (Phi) is 4.57. The summed E-state index contributed by atoms with van der Waals surface area (Å²) in [5.74, 6) is -0.246. The van der Waals surface area contributed by atoms with Crippen LogP contribution in [-0.4, -0.2) is 16.5 Å². The molecule has 1 fully saturated rings. The van der Waals surface area contributed by atoms with E-state index >= 15 is 0 Å². The van der Waals surface area contributed by atoms with Gasteiger partial charge in [0.2, 0.25) is 0 Å². The second-order valence-corrected chi connectivity index (χ2v) is 7.67. The zero-order chi connectivity index (χ0) is 17.2. The van der Waals surface area contributed by atoms with Crippen LogP contribution in [0.15, 0.2) is 41.8 Å². The van der Waals surface area contributed by atoms with Gasteiger partial charge in [0, 0.05) is 12.6 Å². The molecule has 0 radical (unpaired) electrons. The molecule has 130 valence electrons. The summed E-state index contributed by atoms with van der Waals surface area (Å²) in [6.07, 6.45) is 5.79. The number of rotatable bonds is 4. The number of thiophene rings is 1. The van der Waals surface area contributed by atoms with Crippen LogP contribution in [-0.2, 0) is 6.54 Å². The molecule has 25 heavy (non-hydrogen) atoms.